The number of anilines is 3. The first-order valence-corrected chi connectivity index (χ1v) is 8.94. The zero-order chi connectivity index (χ0) is 17.4. The van der Waals surface area contributed by atoms with Crippen LogP contribution in [-0.2, 0) is 0 Å². The number of nitrogens with one attached hydrogen (secondary N) is 1. The molecule has 3 heterocycles. The molecule has 0 spiro atoms. The van der Waals surface area contributed by atoms with Gasteiger partial charge in [0.15, 0.2) is 5.13 Å². The number of benzene rings is 1. The Labute approximate surface area is 167 Å². The highest BCUT2D eigenvalue weighted by Crippen LogP contribution is 2.30. The van der Waals surface area contributed by atoms with Gasteiger partial charge in [0.05, 0.1) is 11.4 Å². The van der Waals surface area contributed by atoms with Crippen molar-refractivity contribution in [1.29, 1.82) is 0 Å². The van der Waals surface area contributed by atoms with Gasteiger partial charge in [0, 0.05) is 37.0 Å². The molecule has 3 aromatic heterocycles. The Morgan fingerprint density at radius 1 is 1.04 bits per heavy atom. The summed E-state index contributed by atoms with van der Waals surface area (Å²) in [5.74, 6) is 0. The average molecular weight is 430 g/mol. The van der Waals surface area contributed by atoms with Crippen LogP contribution in [0.15, 0.2) is 54.0 Å². The zero-order valence-electron chi connectivity index (χ0n) is 14.8. The summed E-state index contributed by atoms with van der Waals surface area (Å²) >= 11 is 1.60. The van der Waals surface area contributed by atoms with Crippen LogP contribution in [0.4, 0.5) is 16.5 Å². The van der Waals surface area contributed by atoms with E-state index in [4.69, 9.17) is 4.98 Å². The van der Waals surface area contributed by atoms with E-state index in [2.05, 4.69) is 49.2 Å². The number of imidazole rings is 1. The fourth-order valence-corrected chi connectivity index (χ4v) is 3.54. The Balaban J connectivity index is 0.00000196. The Morgan fingerprint density at radius 2 is 1.81 bits per heavy atom. The van der Waals surface area contributed by atoms with Crippen LogP contribution >= 0.6 is 28.3 Å². The maximum Gasteiger partial charge on any atom is 0.187 e. The van der Waals surface area contributed by atoms with Gasteiger partial charge in [-0.1, -0.05) is 6.07 Å². The summed E-state index contributed by atoms with van der Waals surface area (Å²) in [5, 5.41) is 6.32. The maximum absolute atomic E-state index is 4.75. The molecule has 0 bridgehead atoms. The predicted molar refractivity (Wildman–Crippen MR) is 115 cm³/mol. The minimum atomic E-state index is 0. The average Bonchev–Trinajstić information content (AvgIpc) is 3.18. The van der Waals surface area contributed by atoms with Gasteiger partial charge < -0.3 is 10.2 Å². The van der Waals surface area contributed by atoms with E-state index in [0.717, 1.165) is 33.5 Å². The molecule has 0 saturated heterocycles. The summed E-state index contributed by atoms with van der Waals surface area (Å²) in [6.07, 6.45) is 2.02. The van der Waals surface area contributed by atoms with E-state index in [9.17, 15) is 0 Å². The van der Waals surface area contributed by atoms with E-state index < -0.39 is 0 Å². The van der Waals surface area contributed by atoms with Crippen molar-refractivity contribution in [3.05, 3.63) is 59.7 Å². The Bertz CT molecular complexity index is 1020. The number of hydrogen-bond acceptors (Lipinski definition) is 5. The second kappa shape index (κ2) is 7.47. The molecule has 4 rings (SSSR count). The summed E-state index contributed by atoms with van der Waals surface area (Å²) in [4.78, 5) is 11.4. The molecule has 1 N–H and O–H groups in total. The molecule has 7 heteroatoms. The molecule has 0 aliphatic rings. The van der Waals surface area contributed by atoms with Gasteiger partial charge >= 0.3 is 0 Å². The van der Waals surface area contributed by atoms with Crippen molar-refractivity contribution in [3.63, 3.8) is 0 Å². The lowest BCUT2D eigenvalue weighted by atomic mass is 10.2. The largest absolute Gasteiger partial charge is 0.378 e. The number of fused-ring (bicyclic) bond motifs is 1. The lowest BCUT2D eigenvalue weighted by Crippen LogP contribution is -2.08. The highest BCUT2D eigenvalue weighted by Gasteiger charge is 2.14. The molecule has 1 aromatic carbocycles. The second-order valence-corrected chi connectivity index (χ2v) is 6.94. The first kappa shape index (κ1) is 18.4. The summed E-state index contributed by atoms with van der Waals surface area (Å²) in [6, 6.07) is 14.3. The number of nitrogens with zero attached hydrogens (tertiary/aromatic N) is 4. The van der Waals surface area contributed by atoms with Crippen molar-refractivity contribution in [2.24, 2.45) is 0 Å². The highest BCUT2D eigenvalue weighted by atomic mass is 79.9. The van der Waals surface area contributed by atoms with E-state index in [0.29, 0.717) is 0 Å². The summed E-state index contributed by atoms with van der Waals surface area (Å²) in [7, 11) is 4.07. The fourth-order valence-electron chi connectivity index (χ4n) is 2.83. The molecule has 0 atom stereocenters. The highest BCUT2D eigenvalue weighted by molar-refractivity contribution is 8.93. The van der Waals surface area contributed by atoms with Crippen LogP contribution in [0.1, 0.15) is 5.69 Å². The molecular weight excluding hydrogens is 410 g/mol. The van der Waals surface area contributed by atoms with E-state index in [1.54, 1.807) is 11.3 Å². The summed E-state index contributed by atoms with van der Waals surface area (Å²) in [6.45, 7) is 2.02. The minimum absolute atomic E-state index is 0. The molecule has 0 unspecified atom stereocenters. The first-order chi connectivity index (χ1) is 12.1. The number of aromatic nitrogens is 3. The molecule has 0 radical (unpaired) electrons. The minimum Gasteiger partial charge on any atom is -0.378 e. The zero-order valence-corrected chi connectivity index (χ0v) is 17.3. The SMILES string of the molecule is Br.Cc1nc2ccccn2c1-c1csc(Nc2ccc(N(C)C)cc2)n1. The van der Waals surface area contributed by atoms with Gasteiger partial charge in [-0.05, 0) is 43.3 Å². The van der Waals surface area contributed by atoms with E-state index in [-0.39, 0.29) is 17.0 Å². The third-order valence-corrected chi connectivity index (χ3v) is 4.84. The number of hydrogen-bond donors (Lipinski definition) is 1. The summed E-state index contributed by atoms with van der Waals surface area (Å²) < 4.78 is 2.08. The molecule has 0 aliphatic carbocycles. The third-order valence-electron chi connectivity index (χ3n) is 4.09. The van der Waals surface area contributed by atoms with Gasteiger partial charge in [-0.3, -0.25) is 4.40 Å². The topological polar surface area (TPSA) is 45.5 Å². The Hall–Kier alpha value is -2.38. The standard InChI is InChI=1S/C19H19N5S.BrH/c1-13-18(24-11-5-4-6-17(24)20-13)16-12-25-19(22-16)21-14-7-9-15(10-8-14)23(2)3;/h4-12H,1-3H3,(H,21,22);1H. The fraction of sp³-hybridized carbons (Fsp3) is 0.158. The van der Waals surface area contributed by atoms with Gasteiger partial charge in [-0.15, -0.1) is 28.3 Å². The van der Waals surface area contributed by atoms with Crippen molar-refractivity contribution >= 4 is 50.5 Å². The molecular formula is C19H20BrN5S. The van der Waals surface area contributed by atoms with Crippen LogP contribution in [0.25, 0.3) is 17.0 Å². The maximum atomic E-state index is 4.75. The van der Waals surface area contributed by atoms with Gasteiger partial charge in [0.2, 0.25) is 0 Å². The first-order valence-electron chi connectivity index (χ1n) is 8.06. The molecule has 0 fully saturated rings. The normalized spacial score (nSPS) is 10.6. The second-order valence-electron chi connectivity index (χ2n) is 6.08. The molecule has 4 aromatic rings. The number of rotatable bonds is 4. The van der Waals surface area contributed by atoms with Gasteiger partial charge in [0.25, 0.3) is 0 Å². The van der Waals surface area contributed by atoms with E-state index in [1.165, 1.54) is 5.69 Å². The van der Waals surface area contributed by atoms with Crippen molar-refractivity contribution in [1.82, 2.24) is 14.4 Å². The molecule has 0 amide bonds. The van der Waals surface area contributed by atoms with E-state index >= 15 is 0 Å². The van der Waals surface area contributed by atoms with Crippen LogP contribution in [0, 0.1) is 6.92 Å². The monoisotopic (exact) mass is 429 g/mol. The van der Waals surface area contributed by atoms with Crippen molar-refractivity contribution < 1.29 is 0 Å². The summed E-state index contributed by atoms with van der Waals surface area (Å²) in [5.41, 5.74) is 6.11. The van der Waals surface area contributed by atoms with E-state index in [1.807, 2.05) is 45.4 Å². The Morgan fingerprint density at radius 3 is 2.54 bits per heavy atom. The van der Waals surface area contributed by atoms with Gasteiger partial charge in [-0.2, -0.15) is 0 Å². The van der Waals surface area contributed by atoms with Crippen molar-refractivity contribution in [3.8, 4) is 11.4 Å². The number of halogens is 1. The van der Waals surface area contributed by atoms with Crippen LogP contribution in [0.2, 0.25) is 0 Å². The molecule has 0 saturated carbocycles. The van der Waals surface area contributed by atoms with Gasteiger partial charge in [-0.25, -0.2) is 9.97 Å². The van der Waals surface area contributed by atoms with Crippen LogP contribution in [0.3, 0.4) is 0 Å². The third kappa shape index (κ3) is 3.45. The number of aryl methyl sites for hydroxylation is 1. The van der Waals surface area contributed by atoms with Crippen LogP contribution in [0.5, 0.6) is 0 Å². The quantitative estimate of drug-likeness (QED) is 0.486. The van der Waals surface area contributed by atoms with Crippen LogP contribution in [-0.4, -0.2) is 28.5 Å². The molecule has 134 valence electrons. The van der Waals surface area contributed by atoms with Crippen molar-refractivity contribution in [2.75, 3.05) is 24.3 Å². The molecule has 5 nitrogen and oxygen atoms in total. The smallest absolute Gasteiger partial charge is 0.187 e. The van der Waals surface area contributed by atoms with Crippen molar-refractivity contribution in [2.45, 2.75) is 6.92 Å². The lowest BCUT2D eigenvalue weighted by molar-refractivity contribution is 1.13. The number of pyridine rings is 1. The number of thiazole rings is 1. The predicted octanol–water partition coefficient (Wildman–Crippen LogP) is 5.15. The lowest BCUT2D eigenvalue weighted by Gasteiger charge is -2.12. The Kier molecular flexibility index (Phi) is 5.29. The van der Waals surface area contributed by atoms with Crippen LogP contribution < -0.4 is 10.2 Å². The molecule has 26 heavy (non-hydrogen) atoms. The molecule has 0 aliphatic heterocycles. The van der Waals surface area contributed by atoms with Gasteiger partial charge in [0.1, 0.15) is 11.3 Å².